The lowest BCUT2D eigenvalue weighted by atomic mass is 10.0. The van der Waals surface area contributed by atoms with Crippen molar-refractivity contribution in [3.63, 3.8) is 0 Å². The highest BCUT2D eigenvalue weighted by Crippen LogP contribution is 2.23. The van der Waals surface area contributed by atoms with Gasteiger partial charge in [0.05, 0.1) is 33.8 Å². The number of anilines is 1. The quantitative estimate of drug-likeness (QED) is 0.343. The number of hydrogen-bond acceptors (Lipinski definition) is 7. The molecule has 0 saturated heterocycles. The minimum absolute atomic E-state index is 0.00115. The first-order valence-electron chi connectivity index (χ1n) is 12.0. The van der Waals surface area contributed by atoms with E-state index >= 15 is 0 Å². The molecule has 0 aliphatic heterocycles. The van der Waals surface area contributed by atoms with Crippen molar-refractivity contribution in [3.8, 4) is 0 Å². The van der Waals surface area contributed by atoms with E-state index in [9.17, 15) is 26.4 Å². The Morgan fingerprint density at radius 1 is 0.917 bits per heavy atom. The second-order valence-electron chi connectivity index (χ2n) is 8.88. The number of amides is 2. The molecule has 0 aromatic heterocycles. The van der Waals surface area contributed by atoms with Gasteiger partial charge in [-0.3, -0.25) is 0 Å². The van der Waals surface area contributed by atoms with Gasteiger partial charge in [-0.2, -0.15) is 0 Å². The van der Waals surface area contributed by atoms with E-state index in [1.54, 1.807) is 36.4 Å². The molecule has 1 saturated carbocycles. The van der Waals surface area contributed by atoms with Gasteiger partial charge in [0, 0.05) is 0 Å². The monoisotopic (exact) mass is 536 g/mol. The first-order chi connectivity index (χ1) is 17.1. The van der Waals surface area contributed by atoms with Crippen molar-refractivity contribution in [2.75, 3.05) is 17.7 Å². The normalized spacial score (nSPS) is 14.7. The third-order valence-electron chi connectivity index (χ3n) is 6.04. The molecule has 1 aliphatic carbocycles. The van der Waals surface area contributed by atoms with Gasteiger partial charge in [0.2, 0.25) is 10.0 Å². The topological polar surface area (TPSA) is 136 Å². The Bertz CT molecular complexity index is 1270. The zero-order valence-electron chi connectivity index (χ0n) is 20.2. The summed E-state index contributed by atoms with van der Waals surface area (Å²) >= 11 is 0. The lowest BCUT2D eigenvalue weighted by Crippen LogP contribution is -2.41. The van der Waals surface area contributed by atoms with Crippen LogP contribution in [0.4, 0.5) is 10.5 Å². The van der Waals surface area contributed by atoms with Crippen molar-refractivity contribution in [1.82, 2.24) is 4.72 Å². The zero-order chi connectivity index (χ0) is 26.2. The smallest absolute Gasteiger partial charge is 0.340 e. The maximum Gasteiger partial charge on any atom is 0.340 e. The van der Waals surface area contributed by atoms with Crippen LogP contribution in [0, 0.1) is 6.92 Å². The van der Waals surface area contributed by atoms with Crippen LogP contribution in [0.5, 0.6) is 0 Å². The molecule has 9 nitrogen and oxygen atoms in total. The molecule has 0 spiro atoms. The summed E-state index contributed by atoms with van der Waals surface area (Å²) in [5.41, 5.74) is 1.15. The van der Waals surface area contributed by atoms with E-state index in [0.29, 0.717) is 25.7 Å². The molecular weight excluding hydrogens is 504 g/mol. The van der Waals surface area contributed by atoms with Gasteiger partial charge in [-0.1, -0.05) is 49.1 Å². The van der Waals surface area contributed by atoms with E-state index in [1.807, 2.05) is 11.6 Å². The number of urea groups is 1. The molecule has 0 atom stereocenters. The van der Waals surface area contributed by atoms with Gasteiger partial charge in [-0.25, -0.2) is 31.1 Å². The summed E-state index contributed by atoms with van der Waals surface area (Å²) in [6.07, 6.45) is 4.27. The molecule has 2 N–H and O–H groups in total. The van der Waals surface area contributed by atoms with E-state index in [1.165, 1.54) is 12.1 Å². The summed E-state index contributed by atoms with van der Waals surface area (Å²) in [6.45, 7) is 1.88. The molecule has 1 aliphatic rings. The minimum atomic E-state index is -3.82. The lowest BCUT2D eigenvalue weighted by molar-refractivity contribution is 0.0501. The van der Waals surface area contributed by atoms with E-state index in [4.69, 9.17) is 4.74 Å². The number of rotatable bonds is 10. The Morgan fingerprint density at radius 2 is 1.58 bits per heavy atom. The largest absolute Gasteiger partial charge is 0.462 e. The molecule has 11 heteroatoms. The molecular formula is C25H32N2O7S2. The van der Waals surface area contributed by atoms with E-state index in [2.05, 4.69) is 5.32 Å². The molecule has 2 aromatic carbocycles. The van der Waals surface area contributed by atoms with Crippen LogP contribution in [0.2, 0.25) is 0 Å². The number of carbonyl (C=O) groups excluding carboxylic acids is 2. The number of sulfonamides is 1. The number of benzene rings is 2. The Morgan fingerprint density at radius 3 is 2.28 bits per heavy atom. The SMILES string of the molecule is Cc1ccc(S(=O)(=O)CCCCOC(=O)c2ccccc2NC(=O)NS(=O)(=O)C2CCCCC2)cc1. The van der Waals surface area contributed by atoms with Crippen LogP contribution in [0.1, 0.15) is 60.9 Å². The van der Waals surface area contributed by atoms with Gasteiger partial charge in [0.25, 0.3) is 0 Å². The van der Waals surface area contributed by atoms with E-state index < -0.39 is 37.1 Å². The van der Waals surface area contributed by atoms with Crippen molar-refractivity contribution in [2.24, 2.45) is 0 Å². The van der Waals surface area contributed by atoms with Crippen LogP contribution in [0.3, 0.4) is 0 Å². The van der Waals surface area contributed by atoms with Crippen LogP contribution in [-0.4, -0.2) is 46.4 Å². The third-order valence-corrected chi connectivity index (χ3v) is 9.68. The van der Waals surface area contributed by atoms with Crippen molar-refractivity contribution in [3.05, 3.63) is 59.7 Å². The fraction of sp³-hybridized carbons (Fsp3) is 0.440. The number of hydrogen-bond donors (Lipinski definition) is 2. The van der Waals surface area contributed by atoms with Gasteiger partial charge in [0.1, 0.15) is 0 Å². The molecule has 0 radical (unpaired) electrons. The van der Waals surface area contributed by atoms with Gasteiger partial charge >= 0.3 is 12.0 Å². The first-order valence-corrected chi connectivity index (χ1v) is 15.2. The highest BCUT2D eigenvalue weighted by molar-refractivity contribution is 7.91. The number of aryl methyl sites for hydroxylation is 1. The van der Waals surface area contributed by atoms with Crippen LogP contribution in [-0.2, 0) is 24.6 Å². The second kappa shape index (κ2) is 12.4. The second-order valence-corrected chi connectivity index (χ2v) is 13.0. The summed E-state index contributed by atoms with van der Waals surface area (Å²) in [4.78, 5) is 25.2. The molecule has 2 amide bonds. The number of unbranched alkanes of at least 4 members (excludes halogenated alkanes) is 1. The highest BCUT2D eigenvalue weighted by Gasteiger charge is 2.29. The average molecular weight is 537 g/mol. The van der Waals surface area contributed by atoms with Crippen molar-refractivity contribution in [2.45, 2.75) is 62.0 Å². The molecule has 2 aromatic rings. The van der Waals surface area contributed by atoms with E-state index in [0.717, 1.165) is 24.8 Å². The Kier molecular flexibility index (Phi) is 9.49. The summed E-state index contributed by atoms with van der Waals surface area (Å²) < 4.78 is 57.1. The predicted octanol–water partition coefficient (Wildman–Crippen LogP) is 4.19. The van der Waals surface area contributed by atoms with Gasteiger partial charge < -0.3 is 10.1 Å². The number of nitrogens with one attached hydrogen (secondary N) is 2. The lowest BCUT2D eigenvalue weighted by Gasteiger charge is -2.22. The minimum Gasteiger partial charge on any atom is -0.462 e. The summed E-state index contributed by atoms with van der Waals surface area (Å²) in [6, 6.07) is 11.8. The van der Waals surface area contributed by atoms with Crippen molar-refractivity contribution >= 4 is 37.5 Å². The number of sulfone groups is 1. The number of para-hydroxylation sites is 1. The summed E-state index contributed by atoms with van der Waals surface area (Å²) in [5, 5.41) is 1.82. The molecule has 0 heterocycles. The number of esters is 1. The molecule has 0 unspecified atom stereocenters. The van der Waals surface area contributed by atoms with E-state index in [-0.39, 0.29) is 28.5 Å². The van der Waals surface area contributed by atoms with Gasteiger partial charge in [-0.15, -0.1) is 0 Å². The molecule has 196 valence electrons. The Hall–Kier alpha value is -2.92. The Labute approximate surface area is 212 Å². The van der Waals surface area contributed by atoms with Crippen molar-refractivity contribution in [1.29, 1.82) is 0 Å². The fourth-order valence-electron chi connectivity index (χ4n) is 4.01. The Balaban J connectivity index is 1.49. The first kappa shape index (κ1) is 27.7. The third kappa shape index (κ3) is 7.79. The maximum atomic E-state index is 12.6. The highest BCUT2D eigenvalue weighted by atomic mass is 32.2. The zero-order valence-corrected chi connectivity index (χ0v) is 21.9. The van der Waals surface area contributed by atoms with Gasteiger partial charge in [-0.05, 0) is 56.9 Å². The standard InChI is InChI=1S/C25H32N2O7S2/c1-19-13-15-20(16-14-19)35(30,31)18-8-7-17-34-24(28)22-11-5-6-12-23(22)26-25(29)27-36(32,33)21-9-3-2-4-10-21/h5-6,11-16,21H,2-4,7-10,17-18H2,1H3,(H2,26,27,29). The molecule has 36 heavy (non-hydrogen) atoms. The summed E-state index contributed by atoms with van der Waals surface area (Å²) in [7, 11) is -7.24. The summed E-state index contributed by atoms with van der Waals surface area (Å²) in [5.74, 6) is -0.774. The molecule has 0 bridgehead atoms. The van der Waals surface area contributed by atoms with Crippen molar-refractivity contribution < 1.29 is 31.2 Å². The van der Waals surface area contributed by atoms with Crippen LogP contribution >= 0.6 is 0 Å². The fourth-order valence-corrected chi connectivity index (χ4v) is 6.81. The molecule has 1 fully saturated rings. The number of ether oxygens (including phenoxy) is 1. The maximum absolute atomic E-state index is 12.6. The average Bonchev–Trinajstić information content (AvgIpc) is 2.84. The number of carbonyl (C=O) groups is 2. The predicted molar refractivity (Wildman–Crippen MR) is 137 cm³/mol. The molecule has 3 rings (SSSR count). The van der Waals surface area contributed by atoms with Gasteiger partial charge in [0.15, 0.2) is 9.84 Å². The van der Waals surface area contributed by atoms with Crippen LogP contribution in [0.25, 0.3) is 0 Å². The van der Waals surface area contributed by atoms with Crippen LogP contribution < -0.4 is 10.0 Å². The van der Waals surface area contributed by atoms with Crippen LogP contribution in [0.15, 0.2) is 53.4 Å².